The fraction of sp³-hybridized carbons (Fsp3) is 0.200. The van der Waals surface area contributed by atoms with Gasteiger partial charge < -0.3 is 20.3 Å². The summed E-state index contributed by atoms with van der Waals surface area (Å²) in [6, 6.07) is 25.3. The van der Waals surface area contributed by atoms with Gasteiger partial charge in [-0.2, -0.15) is 0 Å². The summed E-state index contributed by atoms with van der Waals surface area (Å²) in [5, 5.41) is 6.61. The van der Waals surface area contributed by atoms with Gasteiger partial charge in [-0.3, -0.25) is 9.79 Å². The van der Waals surface area contributed by atoms with Crippen LogP contribution in [0.5, 0.6) is 11.5 Å². The van der Waals surface area contributed by atoms with Crippen LogP contribution in [0.3, 0.4) is 0 Å². The van der Waals surface area contributed by atoms with E-state index in [1.807, 2.05) is 78.9 Å². The number of aliphatic imine (C=N–C) groups is 1. The van der Waals surface area contributed by atoms with E-state index in [9.17, 15) is 4.79 Å². The van der Waals surface area contributed by atoms with Gasteiger partial charge in [0.1, 0.15) is 11.5 Å². The Hall–Kier alpha value is -3.80. The summed E-state index contributed by atoms with van der Waals surface area (Å²) in [6.45, 7) is 1.22. The molecule has 0 aliphatic rings. The van der Waals surface area contributed by atoms with Crippen LogP contribution in [-0.2, 0) is 13.1 Å². The third-order valence-corrected chi connectivity index (χ3v) is 4.63. The van der Waals surface area contributed by atoms with Crippen molar-refractivity contribution in [3.63, 3.8) is 0 Å². The number of rotatable bonds is 7. The molecule has 0 unspecified atom stereocenters. The van der Waals surface area contributed by atoms with Crippen LogP contribution in [0.25, 0.3) is 0 Å². The number of benzene rings is 3. The predicted molar refractivity (Wildman–Crippen MR) is 124 cm³/mol. The summed E-state index contributed by atoms with van der Waals surface area (Å²) in [5.74, 6) is 2.29. The van der Waals surface area contributed by atoms with Crippen LogP contribution in [0.15, 0.2) is 83.9 Å². The molecule has 6 nitrogen and oxygen atoms in total. The van der Waals surface area contributed by atoms with E-state index in [0.29, 0.717) is 24.6 Å². The van der Waals surface area contributed by atoms with Crippen LogP contribution in [0.2, 0.25) is 0 Å². The van der Waals surface area contributed by atoms with E-state index in [0.717, 1.165) is 22.6 Å². The Morgan fingerprint density at radius 2 is 1.48 bits per heavy atom. The van der Waals surface area contributed by atoms with E-state index >= 15 is 0 Å². The van der Waals surface area contributed by atoms with Crippen molar-refractivity contribution in [2.75, 3.05) is 21.1 Å². The number of nitrogens with zero attached hydrogens (tertiary/aromatic N) is 2. The molecule has 6 heteroatoms. The standard InChI is InChI=1S/C25H28N4O2/c1-26-25(27-17-19-12-14-21(15-13-19)24(30)29(2)3)28-18-20-8-7-11-23(16-20)31-22-9-5-4-6-10-22/h4-16H,17-18H2,1-3H3,(H2,26,27,28). The lowest BCUT2D eigenvalue weighted by molar-refractivity contribution is 0.0827. The molecule has 0 atom stereocenters. The predicted octanol–water partition coefficient (Wildman–Crippen LogP) is 4.05. The number of guanidine groups is 1. The van der Waals surface area contributed by atoms with E-state index in [1.165, 1.54) is 0 Å². The number of nitrogens with one attached hydrogen (secondary N) is 2. The van der Waals surface area contributed by atoms with Crippen molar-refractivity contribution in [2.24, 2.45) is 4.99 Å². The van der Waals surface area contributed by atoms with E-state index in [4.69, 9.17) is 4.74 Å². The molecule has 0 heterocycles. The van der Waals surface area contributed by atoms with Crippen molar-refractivity contribution in [1.29, 1.82) is 0 Å². The van der Waals surface area contributed by atoms with Crippen LogP contribution >= 0.6 is 0 Å². The number of carbonyl (C=O) groups is 1. The molecule has 3 rings (SSSR count). The summed E-state index contributed by atoms with van der Waals surface area (Å²) >= 11 is 0. The van der Waals surface area contributed by atoms with E-state index in [-0.39, 0.29) is 5.91 Å². The van der Waals surface area contributed by atoms with Crippen molar-refractivity contribution in [3.8, 4) is 11.5 Å². The first-order valence-electron chi connectivity index (χ1n) is 10.1. The highest BCUT2D eigenvalue weighted by Crippen LogP contribution is 2.21. The van der Waals surface area contributed by atoms with Gasteiger partial charge in [0, 0.05) is 39.8 Å². The Bertz CT molecular complexity index is 1020. The van der Waals surface area contributed by atoms with Crippen LogP contribution < -0.4 is 15.4 Å². The molecular weight excluding hydrogens is 388 g/mol. The Labute approximate surface area is 183 Å². The molecule has 0 saturated heterocycles. The Kier molecular flexibility index (Phi) is 7.65. The van der Waals surface area contributed by atoms with Gasteiger partial charge in [-0.1, -0.05) is 42.5 Å². The molecule has 1 amide bonds. The van der Waals surface area contributed by atoms with Gasteiger partial charge in [0.25, 0.3) is 5.91 Å². The monoisotopic (exact) mass is 416 g/mol. The molecule has 0 aliphatic carbocycles. The zero-order valence-corrected chi connectivity index (χ0v) is 18.1. The average Bonchev–Trinajstić information content (AvgIpc) is 2.80. The lowest BCUT2D eigenvalue weighted by Crippen LogP contribution is -2.36. The molecule has 160 valence electrons. The molecule has 31 heavy (non-hydrogen) atoms. The fourth-order valence-corrected chi connectivity index (χ4v) is 2.96. The van der Waals surface area contributed by atoms with Crippen LogP contribution in [0.4, 0.5) is 0 Å². The molecule has 2 N–H and O–H groups in total. The molecule has 0 spiro atoms. The SMILES string of the molecule is CN=C(NCc1ccc(C(=O)N(C)C)cc1)NCc1cccc(Oc2ccccc2)c1. The zero-order valence-electron chi connectivity index (χ0n) is 18.1. The summed E-state index contributed by atoms with van der Waals surface area (Å²) in [6.07, 6.45) is 0. The van der Waals surface area contributed by atoms with Gasteiger partial charge in [-0.25, -0.2) is 0 Å². The zero-order chi connectivity index (χ0) is 22.1. The molecule has 0 aromatic heterocycles. The fourth-order valence-electron chi connectivity index (χ4n) is 2.96. The largest absolute Gasteiger partial charge is 0.457 e. The summed E-state index contributed by atoms with van der Waals surface area (Å²) < 4.78 is 5.90. The summed E-state index contributed by atoms with van der Waals surface area (Å²) in [7, 11) is 5.23. The molecular formula is C25H28N4O2. The molecule has 3 aromatic carbocycles. The minimum absolute atomic E-state index is 0.00420. The van der Waals surface area contributed by atoms with E-state index < -0.39 is 0 Å². The minimum atomic E-state index is -0.00420. The second kappa shape index (κ2) is 10.8. The van der Waals surface area contributed by atoms with Crippen LogP contribution in [0, 0.1) is 0 Å². The maximum atomic E-state index is 12.0. The second-order valence-electron chi connectivity index (χ2n) is 7.24. The van der Waals surface area contributed by atoms with E-state index in [2.05, 4.69) is 15.6 Å². The Morgan fingerprint density at radius 1 is 0.839 bits per heavy atom. The number of amides is 1. The van der Waals surface area contributed by atoms with Gasteiger partial charge in [-0.05, 0) is 47.5 Å². The number of para-hydroxylation sites is 1. The van der Waals surface area contributed by atoms with Gasteiger partial charge in [0.2, 0.25) is 0 Å². The molecule has 0 aliphatic heterocycles. The highest BCUT2D eigenvalue weighted by atomic mass is 16.5. The van der Waals surface area contributed by atoms with Crippen LogP contribution in [0.1, 0.15) is 21.5 Å². The third-order valence-electron chi connectivity index (χ3n) is 4.63. The van der Waals surface area contributed by atoms with Crippen molar-refractivity contribution in [3.05, 3.63) is 95.6 Å². The first kappa shape index (κ1) is 21.9. The minimum Gasteiger partial charge on any atom is -0.457 e. The lowest BCUT2D eigenvalue weighted by atomic mass is 10.1. The molecule has 0 bridgehead atoms. The van der Waals surface area contributed by atoms with Crippen LogP contribution in [-0.4, -0.2) is 37.9 Å². The van der Waals surface area contributed by atoms with Gasteiger partial charge in [-0.15, -0.1) is 0 Å². The quantitative estimate of drug-likeness (QED) is 0.451. The molecule has 0 saturated carbocycles. The Balaban J connectivity index is 1.51. The van der Waals surface area contributed by atoms with Gasteiger partial charge >= 0.3 is 0 Å². The summed E-state index contributed by atoms with van der Waals surface area (Å²) in [5.41, 5.74) is 2.83. The third kappa shape index (κ3) is 6.60. The average molecular weight is 417 g/mol. The normalized spacial score (nSPS) is 11.0. The maximum Gasteiger partial charge on any atom is 0.253 e. The first-order chi connectivity index (χ1) is 15.0. The molecule has 0 fully saturated rings. The Morgan fingerprint density at radius 3 is 2.13 bits per heavy atom. The van der Waals surface area contributed by atoms with Gasteiger partial charge in [0.15, 0.2) is 5.96 Å². The molecule has 3 aromatic rings. The smallest absolute Gasteiger partial charge is 0.253 e. The summed E-state index contributed by atoms with van der Waals surface area (Å²) in [4.78, 5) is 17.8. The number of hydrogen-bond donors (Lipinski definition) is 2. The second-order valence-corrected chi connectivity index (χ2v) is 7.24. The number of hydrogen-bond acceptors (Lipinski definition) is 3. The highest BCUT2D eigenvalue weighted by Gasteiger charge is 2.07. The van der Waals surface area contributed by atoms with Crippen molar-refractivity contribution in [1.82, 2.24) is 15.5 Å². The van der Waals surface area contributed by atoms with Crippen molar-refractivity contribution >= 4 is 11.9 Å². The first-order valence-corrected chi connectivity index (χ1v) is 10.1. The number of ether oxygens (including phenoxy) is 1. The lowest BCUT2D eigenvalue weighted by Gasteiger charge is -2.14. The van der Waals surface area contributed by atoms with Crippen molar-refractivity contribution in [2.45, 2.75) is 13.1 Å². The number of carbonyl (C=O) groups excluding carboxylic acids is 1. The van der Waals surface area contributed by atoms with Crippen molar-refractivity contribution < 1.29 is 9.53 Å². The maximum absolute atomic E-state index is 12.0. The van der Waals surface area contributed by atoms with E-state index in [1.54, 1.807) is 26.0 Å². The molecule has 0 radical (unpaired) electrons. The topological polar surface area (TPSA) is 66.0 Å². The van der Waals surface area contributed by atoms with Gasteiger partial charge in [0.05, 0.1) is 0 Å². The highest BCUT2D eigenvalue weighted by molar-refractivity contribution is 5.93.